The van der Waals surface area contributed by atoms with Crippen LogP contribution in [0, 0.1) is 0 Å². The number of benzene rings is 1. The Balaban J connectivity index is 1.50. The van der Waals surface area contributed by atoms with Gasteiger partial charge < -0.3 is 15.0 Å². The Morgan fingerprint density at radius 3 is 2.91 bits per heavy atom. The Labute approximate surface area is 131 Å². The molecule has 6 nitrogen and oxygen atoms in total. The number of hydrogen-bond donors (Lipinski definition) is 2. The molecular weight excluding hydrogens is 302 g/mol. The van der Waals surface area contributed by atoms with Crippen molar-refractivity contribution in [3.8, 4) is 5.75 Å². The molecule has 3 rings (SSSR count). The van der Waals surface area contributed by atoms with Crippen molar-refractivity contribution >= 4 is 10.0 Å². The minimum atomic E-state index is -3.42. The normalized spacial score (nSPS) is 18.9. The summed E-state index contributed by atoms with van der Waals surface area (Å²) in [6.07, 6.45) is 1.61. The van der Waals surface area contributed by atoms with Crippen molar-refractivity contribution in [1.29, 1.82) is 0 Å². The van der Waals surface area contributed by atoms with Gasteiger partial charge >= 0.3 is 0 Å². The number of fused-ring (bicyclic) bond motifs is 1. The zero-order valence-electron chi connectivity index (χ0n) is 12.7. The fourth-order valence-corrected chi connectivity index (χ4v) is 3.98. The molecule has 0 atom stereocenters. The summed E-state index contributed by atoms with van der Waals surface area (Å²) in [5, 5.41) is 3.31. The molecule has 0 bridgehead atoms. The van der Waals surface area contributed by atoms with Gasteiger partial charge in [0.05, 0.1) is 11.5 Å². The smallest absolute Gasteiger partial charge is 0.240 e. The average Bonchev–Trinajstić information content (AvgIpc) is 3.00. The number of nitrogens with zero attached hydrogens (tertiary/aromatic N) is 1. The van der Waals surface area contributed by atoms with Gasteiger partial charge in [-0.1, -0.05) is 0 Å². The first-order chi connectivity index (χ1) is 10.6. The largest absolute Gasteiger partial charge is 0.493 e. The van der Waals surface area contributed by atoms with Gasteiger partial charge in [0, 0.05) is 39.1 Å². The van der Waals surface area contributed by atoms with E-state index in [2.05, 4.69) is 14.9 Å². The van der Waals surface area contributed by atoms with E-state index in [-0.39, 0.29) is 0 Å². The highest BCUT2D eigenvalue weighted by Crippen LogP contribution is 2.27. The molecule has 1 aromatic carbocycles. The van der Waals surface area contributed by atoms with Crippen molar-refractivity contribution in [2.24, 2.45) is 0 Å². The molecule has 0 spiro atoms. The second-order valence-electron chi connectivity index (χ2n) is 5.71. The molecule has 122 valence electrons. The van der Waals surface area contributed by atoms with E-state index in [1.807, 2.05) is 0 Å². The molecule has 2 aliphatic heterocycles. The maximum atomic E-state index is 12.3. The Morgan fingerprint density at radius 1 is 1.27 bits per heavy atom. The zero-order valence-corrected chi connectivity index (χ0v) is 13.5. The quantitative estimate of drug-likeness (QED) is 0.731. The fourth-order valence-electron chi connectivity index (χ4n) is 2.86. The summed E-state index contributed by atoms with van der Waals surface area (Å²) in [5.41, 5.74) is 0.976. The highest BCUT2D eigenvalue weighted by molar-refractivity contribution is 7.89. The number of hydrogen-bond acceptors (Lipinski definition) is 5. The first-order valence-electron chi connectivity index (χ1n) is 7.84. The van der Waals surface area contributed by atoms with Crippen LogP contribution in [-0.4, -0.2) is 59.2 Å². The van der Waals surface area contributed by atoms with Gasteiger partial charge in [0.1, 0.15) is 5.75 Å². The maximum absolute atomic E-state index is 12.3. The molecule has 22 heavy (non-hydrogen) atoms. The fraction of sp³-hybridized carbons (Fsp3) is 0.600. The van der Waals surface area contributed by atoms with Crippen LogP contribution in [0.15, 0.2) is 23.1 Å². The number of sulfonamides is 1. The van der Waals surface area contributed by atoms with Crippen molar-refractivity contribution in [3.05, 3.63) is 23.8 Å². The molecule has 1 aromatic rings. The Bertz CT molecular complexity index is 612. The number of ether oxygens (including phenoxy) is 1. The number of nitrogens with one attached hydrogen (secondary N) is 2. The summed E-state index contributed by atoms with van der Waals surface area (Å²) in [5.74, 6) is 0.803. The summed E-state index contributed by atoms with van der Waals surface area (Å²) in [6, 6.07) is 5.08. The SMILES string of the molecule is O=S(=O)(NCCCN1CCNCC1)c1ccc2c(c1)CCO2. The van der Waals surface area contributed by atoms with Crippen molar-refractivity contribution in [3.63, 3.8) is 0 Å². The van der Waals surface area contributed by atoms with Crippen LogP contribution in [-0.2, 0) is 16.4 Å². The Kier molecular flexibility index (Phi) is 4.97. The zero-order chi connectivity index (χ0) is 15.4. The summed E-state index contributed by atoms with van der Waals surface area (Å²) >= 11 is 0. The molecule has 2 heterocycles. The van der Waals surface area contributed by atoms with Gasteiger partial charge in [-0.25, -0.2) is 13.1 Å². The minimum absolute atomic E-state index is 0.332. The van der Waals surface area contributed by atoms with Crippen molar-refractivity contribution in [2.75, 3.05) is 45.9 Å². The van der Waals surface area contributed by atoms with Gasteiger partial charge in [-0.2, -0.15) is 0 Å². The molecule has 1 saturated heterocycles. The summed E-state index contributed by atoms with van der Waals surface area (Å²) in [4.78, 5) is 2.69. The van der Waals surface area contributed by atoms with E-state index < -0.39 is 10.0 Å². The van der Waals surface area contributed by atoms with Gasteiger partial charge in [0.15, 0.2) is 0 Å². The van der Waals surface area contributed by atoms with Crippen LogP contribution in [0.3, 0.4) is 0 Å². The van der Waals surface area contributed by atoms with Crippen LogP contribution in [0.1, 0.15) is 12.0 Å². The molecule has 7 heteroatoms. The van der Waals surface area contributed by atoms with Crippen LogP contribution in [0.25, 0.3) is 0 Å². The van der Waals surface area contributed by atoms with Gasteiger partial charge in [0.25, 0.3) is 0 Å². The lowest BCUT2D eigenvalue weighted by molar-refractivity contribution is 0.239. The van der Waals surface area contributed by atoms with Crippen LogP contribution in [0.5, 0.6) is 5.75 Å². The highest BCUT2D eigenvalue weighted by atomic mass is 32.2. The lowest BCUT2D eigenvalue weighted by Crippen LogP contribution is -2.44. The molecule has 0 radical (unpaired) electrons. The van der Waals surface area contributed by atoms with E-state index in [1.54, 1.807) is 18.2 Å². The van der Waals surface area contributed by atoms with E-state index in [9.17, 15) is 8.42 Å². The topological polar surface area (TPSA) is 70.7 Å². The summed E-state index contributed by atoms with van der Waals surface area (Å²) in [7, 11) is -3.42. The third-order valence-corrected chi connectivity index (χ3v) is 5.58. The van der Waals surface area contributed by atoms with Crippen molar-refractivity contribution in [1.82, 2.24) is 14.9 Å². The van der Waals surface area contributed by atoms with Crippen LogP contribution < -0.4 is 14.8 Å². The first kappa shape index (κ1) is 15.7. The van der Waals surface area contributed by atoms with E-state index in [4.69, 9.17) is 4.74 Å². The molecule has 2 aliphatic rings. The van der Waals surface area contributed by atoms with Gasteiger partial charge in [0.2, 0.25) is 10.0 Å². The number of piperazine rings is 1. The minimum Gasteiger partial charge on any atom is -0.493 e. The van der Waals surface area contributed by atoms with Crippen molar-refractivity contribution < 1.29 is 13.2 Å². The van der Waals surface area contributed by atoms with Gasteiger partial charge in [-0.15, -0.1) is 0 Å². The molecule has 0 aliphatic carbocycles. The van der Waals surface area contributed by atoms with Gasteiger partial charge in [-0.05, 0) is 36.7 Å². The lowest BCUT2D eigenvalue weighted by atomic mass is 10.2. The average molecular weight is 325 g/mol. The third-order valence-electron chi connectivity index (χ3n) is 4.12. The monoisotopic (exact) mass is 325 g/mol. The molecule has 0 unspecified atom stereocenters. The van der Waals surface area contributed by atoms with E-state index >= 15 is 0 Å². The predicted molar refractivity (Wildman–Crippen MR) is 84.8 cm³/mol. The Morgan fingerprint density at radius 2 is 2.09 bits per heavy atom. The van der Waals surface area contributed by atoms with Gasteiger partial charge in [-0.3, -0.25) is 0 Å². The standard InChI is InChI=1S/C15H23N3O3S/c19-22(20,14-2-3-15-13(12-14)4-11-21-15)17-5-1-8-18-9-6-16-7-10-18/h2-3,12,16-17H,1,4-11H2. The van der Waals surface area contributed by atoms with Crippen LogP contribution >= 0.6 is 0 Å². The van der Waals surface area contributed by atoms with Crippen LogP contribution in [0.2, 0.25) is 0 Å². The van der Waals surface area contributed by atoms with E-state index in [0.29, 0.717) is 18.0 Å². The molecule has 0 aromatic heterocycles. The van der Waals surface area contributed by atoms with Crippen molar-refractivity contribution in [2.45, 2.75) is 17.7 Å². The third kappa shape index (κ3) is 3.78. The van der Waals surface area contributed by atoms with Crippen LogP contribution in [0.4, 0.5) is 0 Å². The Hall–Kier alpha value is -1.15. The van der Waals surface area contributed by atoms with E-state index in [0.717, 1.165) is 56.9 Å². The molecule has 1 fully saturated rings. The predicted octanol–water partition coefficient (Wildman–Crippen LogP) is 0.195. The molecule has 0 saturated carbocycles. The maximum Gasteiger partial charge on any atom is 0.240 e. The summed E-state index contributed by atoms with van der Waals surface area (Å²) < 4.78 is 32.7. The molecule has 0 amide bonds. The first-order valence-corrected chi connectivity index (χ1v) is 9.32. The van der Waals surface area contributed by atoms with E-state index in [1.165, 1.54) is 0 Å². The second kappa shape index (κ2) is 6.95. The summed E-state index contributed by atoms with van der Waals surface area (Å²) in [6.45, 7) is 6.15. The molecular formula is C15H23N3O3S. The molecule has 2 N–H and O–H groups in total. The highest BCUT2D eigenvalue weighted by Gasteiger charge is 2.19. The number of rotatable bonds is 6. The second-order valence-corrected chi connectivity index (χ2v) is 7.48. The lowest BCUT2D eigenvalue weighted by Gasteiger charge is -2.27.